The van der Waals surface area contributed by atoms with Crippen LogP contribution in [0.5, 0.6) is 11.5 Å². The van der Waals surface area contributed by atoms with Crippen LogP contribution in [0.1, 0.15) is 22.4 Å². The van der Waals surface area contributed by atoms with Crippen LogP contribution in [0.25, 0.3) is 0 Å². The highest BCUT2D eigenvalue weighted by Crippen LogP contribution is 2.28. The molecular weight excluding hydrogens is 256 g/mol. The van der Waals surface area contributed by atoms with E-state index in [1.807, 2.05) is 26.0 Å². The number of hydrogen-bond acceptors (Lipinski definition) is 3. The van der Waals surface area contributed by atoms with Gasteiger partial charge in [-0.05, 0) is 55.7 Å². The number of hydrogen-bond donors (Lipinski definition) is 1. The molecule has 2 N–H and O–H groups in total. The minimum Gasteiger partial charge on any atom is -0.455 e. The summed E-state index contributed by atoms with van der Waals surface area (Å²) in [6.07, 6.45) is 1.63. The Balaban J connectivity index is 2.28. The van der Waals surface area contributed by atoms with Gasteiger partial charge in [-0.3, -0.25) is 0 Å². The molecule has 2 aromatic rings. The summed E-state index contributed by atoms with van der Waals surface area (Å²) >= 11 is 4.86. The van der Waals surface area contributed by atoms with E-state index >= 15 is 0 Å². The Kier molecular flexibility index (Phi) is 3.81. The third-order valence-corrected chi connectivity index (χ3v) is 3.19. The molecule has 1 aromatic heterocycles. The molecule has 0 spiro atoms. The van der Waals surface area contributed by atoms with Crippen molar-refractivity contribution in [3.05, 3.63) is 52.8 Å². The molecule has 0 saturated heterocycles. The quantitative estimate of drug-likeness (QED) is 0.870. The normalized spacial score (nSPS) is 10.3. The van der Waals surface area contributed by atoms with Crippen LogP contribution in [0.2, 0.25) is 0 Å². The predicted molar refractivity (Wildman–Crippen MR) is 80.9 cm³/mol. The smallest absolute Gasteiger partial charge is 0.145 e. The van der Waals surface area contributed by atoms with Crippen molar-refractivity contribution in [3.63, 3.8) is 0 Å². The SMILES string of the molecule is Cc1cc(C)c(C)c(Oc2ccc(C(N)=S)nc2)c1. The van der Waals surface area contributed by atoms with E-state index in [9.17, 15) is 0 Å². The second-order valence-corrected chi connectivity index (χ2v) is 4.99. The average molecular weight is 272 g/mol. The van der Waals surface area contributed by atoms with Crippen LogP contribution in [0, 0.1) is 20.8 Å². The van der Waals surface area contributed by atoms with Crippen LogP contribution in [-0.2, 0) is 0 Å². The summed E-state index contributed by atoms with van der Waals surface area (Å²) in [7, 11) is 0. The van der Waals surface area contributed by atoms with E-state index in [0.29, 0.717) is 11.4 Å². The van der Waals surface area contributed by atoms with Crippen LogP contribution in [-0.4, -0.2) is 9.97 Å². The summed E-state index contributed by atoms with van der Waals surface area (Å²) < 4.78 is 5.86. The molecule has 0 saturated carbocycles. The molecule has 0 aliphatic carbocycles. The van der Waals surface area contributed by atoms with Gasteiger partial charge in [-0.2, -0.15) is 0 Å². The highest BCUT2D eigenvalue weighted by molar-refractivity contribution is 7.80. The van der Waals surface area contributed by atoms with Crippen molar-refractivity contribution in [3.8, 4) is 11.5 Å². The van der Waals surface area contributed by atoms with E-state index in [2.05, 4.69) is 18.0 Å². The van der Waals surface area contributed by atoms with Crippen molar-refractivity contribution >= 4 is 17.2 Å². The van der Waals surface area contributed by atoms with Crippen molar-refractivity contribution in [2.75, 3.05) is 0 Å². The summed E-state index contributed by atoms with van der Waals surface area (Å²) in [6, 6.07) is 7.73. The molecule has 19 heavy (non-hydrogen) atoms. The number of ether oxygens (including phenoxy) is 1. The Bertz CT molecular complexity index is 621. The highest BCUT2D eigenvalue weighted by atomic mass is 32.1. The summed E-state index contributed by atoms with van der Waals surface area (Å²) in [6.45, 7) is 6.16. The van der Waals surface area contributed by atoms with Crippen molar-refractivity contribution in [2.45, 2.75) is 20.8 Å². The Labute approximate surface area is 118 Å². The Morgan fingerprint density at radius 1 is 1.21 bits per heavy atom. The van der Waals surface area contributed by atoms with Gasteiger partial charge in [-0.25, -0.2) is 4.98 Å². The maximum Gasteiger partial charge on any atom is 0.145 e. The van der Waals surface area contributed by atoms with Crippen LogP contribution in [0.15, 0.2) is 30.5 Å². The highest BCUT2D eigenvalue weighted by Gasteiger charge is 2.06. The number of benzene rings is 1. The standard InChI is InChI=1S/C15H16N2OS/c1-9-6-10(2)11(3)14(7-9)18-12-4-5-13(15(16)19)17-8-12/h4-8H,1-3H3,(H2,16,19). The van der Waals surface area contributed by atoms with Crippen LogP contribution >= 0.6 is 12.2 Å². The van der Waals surface area contributed by atoms with Gasteiger partial charge in [0.15, 0.2) is 0 Å². The van der Waals surface area contributed by atoms with E-state index in [0.717, 1.165) is 11.3 Å². The second kappa shape index (κ2) is 5.36. The third-order valence-electron chi connectivity index (χ3n) is 2.98. The zero-order valence-corrected chi connectivity index (χ0v) is 12.0. The van der Waals surface area contributed by atoms with Gasteiger partial charge in [0.1, 0.15) is 16.5 Å². The van der Waals surface area contributed by atoms with Gasteiger partial charge in [-0.15, -0.1) is 0 Å². The first-order valence-corrected chi connectivity index (χ1v) is 6.40. The number of aryl methyl sites for hydroxylation is 2. The number of pyridine rings is 1. The average Bonchev–Trinajstić information content (AvgIpc) is 2.36. The molecule has 0 aliphatic rings. The van der Waals surface area contributed by atoms with Gasteiger partial charge in [0.2, 0.25) is 0 Å². The molecule has 0 radical (unpaired) electrons. The largest absolute Gasteiger partial charge is 0.455 e. The molecular formula is C15H16N2OS. The van der Waals surface area contributed by atoms with Gasteiger partial charge in [-0.1, -0.05) is 18.3 Å². The Morgan fingerprint density at radius 2 is 1.95 bits per heavy atom. The molecule has 0 unspecified atom stereocenters. The molecule has 4 heteroatoms. The summed E-state index contributed by atoms with van der Waals surface area (Å²) in [5.41, 5.74) is 9.62. The molecule has 0 amide bonds. The van der Waals surface area contributed by atoms with Crippen LogP contribution < -0.4 is 10.5 Å². The number of nitrogens with zero attached hydrogens (tertiary/aromatic N) is 1. The molecule has 0 bridgehead atoms. The fourth-order valence-electron chi connectivity index (χ4n) is 1.82. The van der Waals surface area contributed by atoms with Crippen LogP contribution in [0.4, 0.5) is 0 Å². The van der Waals surface area contributed by atoms with E-state index in [4.69, 9.17) is 22.7 Å². The zero-order valence-electron chi connectivity index (χ0n) is 11.2. The van der Waals surface area contributed by atoms with Gasteiger partial charge in [0, 0.05) is 0 Å². The monoisotopic (exact) mass is 272 g/mol. The number of thiocarbonyl (C=S) groups is 1. The second-order valence-electron chi connectivity index (χ2n) is 4.55. The van der Waals surface area contributed by atoms with Gasteiger partial charge < -0.3 is 10.5 Å². The predicted octanol–water partition coefficient (Wildman–Crippen LogP) is 3.43. The first-order valence-electron chi connectivity index (χ1n) is 5.99. The molecule has 98 valence electrons. The van der Waals surface area contributed by atoms with E-state index in [1.54, 1.807) is 12.3 Å². The minimum atomic E-state index is 0.286. The first kappa shape index (κ1) is 13.5. The van der Waals surface area contributed by atoms with Gasteiger partial charge in [0.05, 0.1) is 11.9 Å². The lowest BCUT2D eigenvalue weighted by Gasteiger charge is -2.12. The number of rotatable bonds is 3. The molecule has 1 aromatic carbocycles. The first-order chi connectivity index (χ1) is 8.97. The fourth-order valence-corrected chi connectivity index (χ4v) is 1.94. The molecule has 0 aliphatic heterocycles. The van der Waals surface area contributed by atoms with E-state index < -0.39 is 0 Å². The zero-order chi connectivity index (χ0) is 14.0. The number of nitrogens with two attached hydrogens (primary N) is 1. The number of aromatic nitrogens is 1. The molecule has 0 fully saturated rings. The molecule has 0 atom stereocenters. The lowest BCUT2D eigenvalue weighted by atomic mass is 10.1. The molecule has 1 heterocycles. The Morgan fingerprint density at radius 3 is 2.53 bits per heavy atom. The summed E-state index contributed by atoms with van der Waals surface area (Å²) in [5, 5.41) is 0. The summed E-state index contributed by atoms with van der Waals surface area (Å²) in [5.74, 6) is 1.52. The maximum atomic E-state index is 5.86. The van der Waals surface area contributed by atoms with E-state index in [1.165, 1.54) is 11.1 Å². The maximum absolute atomic E-state index is 5.86. The van der Waals surface area contributed by atoms with Gasteiger partial charge >= 0.3 is 0 Å². The Hall–Kier alpha value is -1.94. The van der Waals surface area contributed by atoms with Crippen molar-refractivity contribution in [1.29, 1.82) is 0 Å². The van der Waals surface area contributed by atoms with E-state index in [-0.39, 0.29) is 4.99 Å². The topological polar surface area (TPSA) is 48.1 Å². The fraction of sp³-hybridized carbons (Fsp3) is 0.200. The lowest BCUT2D eigenvalue weighted by Crippen LogP contribution is -2.10. The minimum absolute atomic E-state index is 0.286. The van der Waals surface area contributed by atoms with Crippen LogP contribution in [0.3, 0.4) is 0 Å². The summed E-state index contributed by atoms with van der Waals surface area (Å²) in [4.78, 5) is 4.44. The van der Waals surface area contributed by atoms with Crippen molar-refractivity contribution in [1.82, 2.24) is 4.98 Å². The molecule has 2 rings (SSSR count). The van der Waals surface area contributed by atoms with Crippen molar-refractivity contribution in [2.24, 2.45) is 5.73 Å². The van der Waals surface area contributed by atoms with Gasteiger partial charge in [0.25, 0.3) is 0 Å². The molecule has 3 nitrogen and oxygen atoms in total. The third kappa shape index (κ3) is 3.09. The lowest BCUT2D eigenvalue weighted by molar-refractivity contribution is 0.475. The van der Waals surface area contributed by atoms with Crippen molar-refractivity contribution < 1.29 is 4.74 Å².